The van der Waals surface area contributed by atoms with Crippen LogP contribution < -0.4 is 16.4 Å². The van der Waals surface area contributed by atoms with Crippen LogP contribution in [0.5, 0.6) is 0 Å². The van der Waals surface area contributed by atoms with Crippen LogP contribution in [0.2, 0.25) is 0 Å². The second-order valence-electron chi connectivity index (χ2n) is 6.87. The lowest BCUT2D eigenvalue weighted by Crippen LogP contribution is -2.29. The Morgan fingerprint density at radius 1 is 1.07 bits per heavy atom. The summed E-state index contributed by atoms with van der Waals surface area (Å²) < 4.78 is 13.6. The summed E-state index contributed by atoms with van der Waals surface area (Å²) in [6.45, 7) is 0.644. The number of hydrogen-bond acceptors (Lipinski definition) is 3. The topological polar surface area (TPSA) is 84.2 Å². The summed E-state index contributed by atoms with van der Waals surface area (Å²) in [5, 5.41) is 5.60. The SMILES string of the molecule is NC[C@H]1CCC[C@H]1C(=O)Nc1ccc(C(=O)NCc2ccccc2F)cc1. The molecule has 0 spiro atoms. The van der Waals surface area contributed by atoms with E-state index in [0.717, 1.165) is 19.3 Å². The lowest BCUT2D eigenvalue weighted by molar-refractivity contribution is -0.120. The molecule has 1 aliphatic carbocycles. The molecular weight excluding hydrogens is 345 g/mol. The minimum absolute atomic E-state index is 0.0142. The highest BCUT2D eigenvalue weighted by atomic mass is 19.1. The lowest BCUT2D eigenvalue weighted by Gasteiger charge is -2.17. The molecule has 1 saturated carbocycles. The van der Waals surface area contributed by atoms with Crippen LogP contribution in [0.15, 0.2) is 48.5 Å². The number of halogens is 1. The molecule has 2 amide bonds. The monoisotopic (exact) mass is 369 g/mol. The molecule has 6 heteroatoms. The van der Waals surface area contributed by atoms with Crippen LogP contribution >= 0.6 is 0 Å². The van der Waals surface area contributed by atoms with Gasteiger partial charge in [0, 0.05) is 29.3 Å². The number of anilines is 1. The van der Waals surface area contributed by atoms with Gasteiger partial charge in [-0.1, -0.05) is 24.6 Å². The summed E-state index contributed by atoms with van der Waals surface area (Å²) >= 11 is 0. The van der Waals surface area contributed by atoms with Gasteiger partial charge in [-0.15, -0.1) is 0 Å². The van der Waals surface area contributed by atoms with Gasteiger partial charge in [-0.3, -0.25) is 9.59 Å². The Hall–Kier alpha value is -2.73. The van der Waals surface area contributed by atoms with Gasteiger partial charge in [-0.2, -0.15) is 0 Å². The van der Waals surface area contributed by atoms with Crippen LogP contribution in [0.25, 0.3) is 0 Å². The van der Waals surface area contributed by atoms with Crippen LogP contribution in [-0.4, -0.2) is 18.4 Å². The number of rotatable bonds is 6. The van der Waals surface area contributed by atoms with Crippen molar-refractivity contribution in [2.75, 3.05) is 11.9 Å². The molecular formula is C21H24FN3O2. The molecule has 0 heterocycles. The molecule has 0 bridgehead atoms. The highest BCUT2D eigenvalue weighted by Crippen LogP contribution is 2.31. The number of carbonyl (C=O) groups is 2. The van der Waals surface area contributed by atoms with Crippen LogP contribution in [-0.2, 0) is 11.3 Å². The van der Waals surface area contributed by atoms with E-state index in [-0.39, 0.29) is 36.0 Å². The van der Waals surface area contributed by atoms with Gasteiger partial charge in [0.05, 0.1) is 0 Å². The Bertz CT molecular complexity index is 807. The molecule has 4 N–H and O–H groups in total. The number of carbonyl (C=O) groups excluding carboxylic acids is 2. The number of amides is 2. The standard InChI is InChI=1S/C21H24FN3O2/c22-19-7-2-1-4-16(19)13-24-20(26)14-8-10-17(11-9-14)25-21(27)18-6-3-5-15(18)12-23/h1-2,4,7-11,15,18H,3,5-6,12-13,23H2,(H,24,26)(H,25,27)/t15-,18-/m1/s1. The smallest absolute Gasteiger partial charge is 0.251 e. The normalized spacial score (nSPS) is 18.9. The molecule has 5 nitrogen and oxygen atoms in total. The van der Waals surface area contributed by atoms with Gasteiger partial charge in [-0.25, -0.2) is 4.39 Å². The molecule has 0 unspecified atom stereocenters. The summed E-state index contributed by atoms with van der Waals surface area (Å²) in [5.41, 5.74) is 7.27. The zero-order chi connectivity index (χ0) is 19.2. The first-order valence-electron chi connectivity index (χ1n) is 9.21. The molecule has 0 aromatic heterocycles. The second-order valence-corrected chi connectivity index (χ2v) is 6.87. The molecule has 2 aromatic rings. The summed E-state index contributed by atoms with van der Waals surface area (Å²) in [6, 6.07) is 13.0. The van der Waals surface area contributed by atoms with Gasteiger partial charge in [0.2, 0.25) is 5.91 Å². The minimum atomic E-state index is -0.349. The fourth-order valence-corrected chi connectivity index (χ4v) is 3.52. The molecule has 2 atom stereocenters. The van der Waals surface area contributed by atoms with Crippen molar-refractivity contribution in [1.29, 1.82) is 0 Å². The summed E-state index contributed by atoms with van der Waals surface area (Å²) in [7, 11) is 0. The molecule has 1 aliphatic rings. The zero-order valence-corrected chi connectivity index (χ0v) is 15.1. The molecule has 1 fully saturated rings. The first kappa shape index (κ1) is 19.0. The van der Waals surface area contributed by atoms with E-state index in [1.165, 1.54) is 6.07 Å². The van der Waals surface area contributed by atoms with Gasteiger partial charge in [0.25, 0.3) is 5.91 Å². The van der Waals surface area contributed by atoms with Crippen molar-refractivity contribution >= 4 is 17.5 Å². The zero-order valence-electron chi connectivity index (χ0n) is 15.1. The first-order valence-corrected chi connectivity index (χ1v) is 9.21. The maximum absolute atomic E-state index is 13.6. The van der Waals surface area contributed by atoms with Crippen molar-refractivity contribution in [2.45, 2.75) is 25.8 Å². The van der Waals surface area contributed by atoms with Crippen molar-refractivity contribution < 1.29 is 14.0 Å². The minimum Gasteiger partial charge on any atom is -0.348 e. The lowest BCUT2D eigenvalue weighted by atomic mass is 9.95. The molecule has 0 saturated heterocycles. The van der Waals surface area contributed by atoms with E-state index in [1.54, 1.807) is 42.5 Å². The quantitative estimate of drug-likeness (QED) is 0.732. The van der Waals surface area contributed by atoms with E-state index < -0.39 is 0 Å². The third-order valence-electron chi connectivity index (χ3n) is 5.11. The maximum Gasteiger partial charge on any atom is 0.251 e. The Balaban J connectivity index is 1.56. The Labute approximate surface area is 158 Å². The molecule has 27 heavy (non-hydrogen) atoms. The Morgan fingerprint density at radius 2 is 1.81 bits per heavy atom. The Morgan fingerprint density at radius 3 is 2.52 bits per heavy atom. The fraction of sp³-hybridized carbons (Fsp3) is 0.333. The van der Waals surface area contributed by atoms with E-state index in [9.17, 15) is 14.0 Å². The van der Waals surface area contributed by atoms with Gasteiger partial charge >= 0.3 is 0 Å². The molecule has 142 valence electrons. The van der Waals surface area contributed by atoms with Gasteiger partial charge < -0.3 is 16.4 Å². The van der Waals surface area contributed by atoms with E-state index in [1.807, 2.05) is 0 Å². The van der Waals surface area contributed by atoms with Crippen LogP contribution in [0.4, 0.5) is 10.1 Å². The average Bonchev–Trinajstić information content (AvgIpc) is 3.17. The van der Waals surface area contributed by atoms with Crippen LogP contribution in [0, 0.1) is 17.7 Å². The van der Waals surface area contributed by atoms with Crippen LogP contribution in [0.1, 0.15) is 35.2 Å². The first-order chi connectivity index (χ1) is 13.1. The van der Waals surface area contributed by atoms with Crippen LogP contribution in [0.3, 0.4) is 0 Å². The molecule has 0 radical (unpaired) electrons. The van der Waals surface area contributed by atoms with Crippen molar-refractivity contribution in [2.24, 2.45) is 17.6 Å². The largest absolute Gasteiger partial charge is 0.348 e. The predicted octanol–water partition coefficient (Wildman–Crippen LogP) is 3.07. The van der Waals surface area contributed by atoms with E-state index in [4.69, 9.17) is 5.73 Å². The number of nitrogens with one attached hydrogen (secondary N) is 2. The average molecular weight is 369 g/mol. The van der Waals surface area contributed by atoms with Crippen molar-refractivity contribution in [3.8, 4) is 0 Å². The summed E-state index contributed by atoms with van der Waals surface area (Å²) in [4.78, 5) is 24.6. The highest BCUT2D eigenvalue weighted by molar-refractivity contribution is 5.96. The van der Waals surface area contributed by atoms with E-state index in [0.29, 0.717) is 23.4 Å². The van der Waals surface area contributed by atoms with Gasteiger partial charge in [-0.05, 0) is 55.6 Å². The van der Waals surface area contributed by atoms with Crippen molar-refractivity contribution in [3.05, 3.63) is 65.5 Å². The second kappa shape index (κ2) is 8.77. The van der Waals surface area contributed by atoms with E-state index >= 15 is 0 Å². The van der Waals surface area contributed by atoms with Gasteiger partial charge in [0.15, 0.2) is 0 Å². The fourth-order valence-electron chi connectivity index (χ4n) is 3.52. The number of hydrogen-bond donors (Lipinski definition) is 3. The van der Waals surface area contributed by atoms with Crippen molar-refractivity contribution in [3.63, 3.8) is 0 Å². The predicted molar refractivity (Wildman–Crippen MR) is 103 cm³/mol. The molecule has 0 aliphatic heterocycles. The summed E-state index contributed by atoms with van der Waals surface area (Å²) in [5.74, 6) is -0.458. The van der Waals surface area contributed by atoms with Gasteiger partial charge in [0.1, 0.15) is 5.82 Å². The third-order valence-corrected chi connectivity index (χ3v) is 5.11. The number of nitrogens with two attached hydrogens (primary N) is 1. The number of benzene rings is 2. The summed E-state index contributed by atoms with van der Waals surface area (Å²) in [6.07, 6.45) is 2.89. The molecule has 3 rings (SSSR count). The van der Waals surface area contributed by atoms with Crippen molar-refractivity contribution in [1.82, 2.24) is 5.32 Å². The van der Waals surface area contributed by atoms with E-state index in [2.05, 4.69) is 10.6 Å². The third kappa shape index (κ3) is 4.71. The molecule has 2 aromatic carbocycles. The highest BCUT2D eigenvalue weighted by Gasteiger charge is 2.31. The maximum atomic E-state index is 13.6. The Kier molecular flexibility index (Phi) is 6.19.